The molecule has 3 nitrogen and oxygen atoms in total. The zero-order chi connectivity index (χ0) is 11.7. The molecule has 1 amide bonds. The summed E-state index contributed by atoms with van der Waals surface area (Å²) in [6.07, 6.45) is 0.557. The highest BCUT2D eigenvalue weighted by Crippen LogP contribution is 2.25. The van der Waals surface area contributed by atoms with Crippen LogP contribution in [-0.4, -0.2) is 17.0 Å². The lowest BCUT2D eigenvalue weighted by molar-refractivity contribution is -0.131. The number of hydrogen-bond donors (Lipinski definition) is 1. The zero-order valence-electron chi connectivity index (χ0n) is 10.0. The summed E-state index contributed by atoms with van der Waals surface area (Å²) in [7, 11) is 0. The van der Waals surface area contributed by atoms with Crippen molar-refractivity contribution in [2.75, 3.05) is 0 Å². The number of carbonyl (C=O) groups is 1. The van der Waals surface area contributed by atoms with E-state index in [0.29, 0.717) is 6.42 Å². The number of nitrogens with one attached hydrogen (secondary N) is 1. The van der Waals surface area contributed by atoms with Crippen LogP contribution in [0.1, 0.15) is 37.4 Å². The van der Waals surface area contributed by atoms with E-state index in [1.165, 1.54) is 11.1 Å². The molecule has 1 atom stereocenters. The third-order valence-electron chi connectivity index (χ3n) is 2.90. The van der Waals surface area contributed by atoms with Crippen LogP contribution in [0.3, 0.4) is 0 Å². The standard InChI is InChI=1S/C13H18N2O/c1-9(2)15-13(16)8-12(14-15)11-6-4-5-10(3)7-11/h4-7,9,12,14H,8H2,1-3H3. The van der Waals surface area contributed by atoms with Gasteiger partial charge in [-0.3, -0.25) is 9.80 Å². The summed E-state index contributed by atoms with van der Waals surface area (Å²) < 4.78 is 0. The fourth-order valence-electron chi connectivity index (χ4n) is 2.07. The molecule has 1 N–H and O–H groups in total. The smallest absolute Gasteiger partial charge is 0.238 e. The average molecular weight is 218 g/mol. The first-order chi connectivity index (χ1) is 7.58. The average Bonchev–Trinajstić information content (AvgIpc) is 2.60. The van der Waals surface area contributed by atoms with Gasteiger partial charge in [-0.25, -0.2) is 5.43 Å². The normalized spacial score (nSPS) is 20.9. The summed E-state index contributed by atoms with van der Waals surface area (Å²) in [4.78, 5) is 11.7. The largest absolute Gasteiger partial charge is 0.275 e. The minimum Gasteiger partial charge on any atom is -0.275 e. The topological polar surface area (TPSA) is 32.3 Å². The molecule has 16 heavy (non-hydrogen) atoms. The van der Waals surface area contributed by atoms with Crippen LogP contribution in [-0.2, 0) is 4.79 Å². The van der Waals surface area contributed by atoms with E-state index in [4.69, 9.17) is 0 Å². The van der Waals surface area contributed by atoms with Gasteiger partial charge in [0.15, 0.2) is 0 Å². The first-order valence-corrected chi connectivity index (χ1v) is 5.72. The molecule has 0 aliphatic carbocycles. The van der Waals surface area contributed by atoms with Gasteiger partial charge in [0.05, 0.1) is 6.04 Å². The van der Waals surface area contributed by atoms with Crippen LogP contribution in [0.15, 0.2) is 24.3 Å². The number of amides is 1. The highest BCUT2D eigenvalue weighted by molar-refractivity contribution is 5.79. The predicted molar refractivity (Wildman–Crippen MR) is 63.7 cm³/mol. The molecular formula is C13H18N2O. The molecule has 1 aromatic carbocycles. The van der Waals surface area contributed by atoms with Gasteiger partial charge in [-0.1, -0.05) is 29.8 Å². The molecular weight excluding hydrogens is 200 g/mol. The molecule has 1 unspecified atom stereocenters. The third-order valence-corrected chi connectivity index (χ3v) is 2.90. The van der Waals surface area contributed by atoms with Crippen LogP contribution >= 0.6 is 0 Å². The summed E-state index contributed by atoms with van der Waals surface area (Å²) in [5.41, 5.74) is 5.69. The fourth-order valence-corrected chi connectivity index (χ4v) is 2.07. The number of carbonyl (C=O) groups excluding carboxylic acids is 1. The lowest BCUT2D eigenvalue weighted by atomic mass is 10.0. The molecule has 1 aromatic rings. The minimum atomic E-state index is 0.134. The SMILES string of the molecule is Cc1cccc(C2CC(=O)N(C(C)C)N2)c1. The van der Waals surface area contributed by atoms with Crippen molar-refractivity contribution in [2.45, 2.75) is 39.3 Å². The molecule has 1 aliphatic rings. The van der Waals surface area contributed by atoms with Crippen molar-refractivity contribution in [3.63, 3.8) is 0 Å². The van der Waals surface area contributed by atoms with E-state index in [1.807, 2.05) is 19.9 Å². The van der Waals surface area contributed by atoms with Gasteiger partial charge < -0.3 is 0 Å². The highest BCUT2D eigenvalue weighted by atomic mass is 16.2. The van der Waals surface area contributed by atoms with Gasteiger partial charge in [-0.2, -0.15) is 0 Å². The van der Waals surface area contributed by atoms with E-state index in [-0.39, 0.29) is 18.0 Å². The Morgan fingerprint density at radius 3 is 2.75 bits per heavy atom. The van der Waals surface area contributed by atoms with Gasteiger partial charge in [0, 0.05) is 12.5 Å². The molecule has 3 heteroatoms. The van der Waals surface area contributed by atoms with Gasteiger partial charge in [0.2, 0.25) is 5.91 Å². The first kappa shape index (κ1) is 11.1. The molecule has 0 aromatic heterocycles. The fraction of sp³-hybridized carbons (Fsp3) is 0.462. The molecule has 1 aliphatic heterocycles. The van der Waals surface area contributed by atoms with Crippen molar-refractivity contribution < 1.29 is 4.79 Å². The van der Waals surface area contributed by atoms with Crippen molar-refractivity contribution in [1.29, 1.82) is 0 Å². The van der Waals surface area contributed by atoms with Gasteiger partial charge >= 0.3 is 0 Å². The Bertz CT molecular complexity index is 401. The Morgan fingerprint density at radius 1 is 1.44 bits per heavy atom. The van der Waals surface area contributed by atoms with E-state index in [2.05, 4.69) is 30.5 Å². The number of nitrogens with zero attached hydrogens (tertiary/aromatic N) is 1. The van der Waals surface area contributed by atoms with Crippen molar-refractivity contribution in [3.05, 3.63) is 35.4 Å². The second kappa shape index (κ2) is 4.26. The zero-order valence-corrected chi connectivity index (χ0v) is 10.0. The molecule has 0 radical (unpaired) electrons. The minimum absolute atomic E-state index is 0.134. The molecule has 86 valence electrons. The molecule has 0 saturated carbocycles. The van der Waals surface area contributed by atoms with Gasteiger partial charge in [-0.05, 0) is 26.3 Å². The molecule has 1 fully saturated rings. The van der Waals surface area contributed by atoms with Gasteiger partial charge in [0.1, 0.15) is 0 Å². The quantitative estimate of drug-likeness (QED) is 0.825. The maximum Gasteiger partial charge on any atom is 0.238 e. The lowest BCUT2D eigenvalue weighted by Gasteiger charge is -2.22. The summed E-state index contributed by atoms with van der Waals surface area (Å²) in [6, 6.07) is 8.66. The van der Waals surface area contributed by atoms with Crippen LogP contribution in [0.4, 0.5) is 0 Å². The molecule has 1 heterocycles. The predicted octanol–water partition coefficient (Wildman–Crippen LogP) is 2.18. The molecule has 0 bridgehead atoms. The number of rotatable bonds is 2. The summed E-state index contributed by atoms with van der Waals surface area (Å²) in [5.74, 6) is 0.182. The molecule has 0 spiro atoms. The van der Waals surface area contributed by atoms with Crippen molar-refractivity contribution in [2.24, 2.45) is 0 Å². The maximum absolute atomic E-state index is 11.7. The number of hydrazine groups is 1. The Morgan fingerprint density at radius 2 is 2.19 bits per heavy atom. The van der Waals surface area contributed by atoms with E-state index in [9.17, 15) is 4.79 Å². The number of hydrogen-bond acceptors (Lipinski definition) is 2. The van der Waals surface area contributed by atoms with E-state index in [0.717, 1.165) is 0 Å². The van der Waals surface area contributed by atoms with E-state index in [1.54, 1.807) is 5.01 Å². The summed E-state index contributed by atoms with van der Waals surface area (Å²) in [6.45, 7) is 6.10. The van der Waals surface area contributed by atoms with Gasteiger partial charge in [-0.15, -0.1) is 0 Å². The Labute approximate surface area is 96.4 Å². The third kappa shape index (κ3) is 2.09. The highest BCUT2D eigenvalue weighted by Gasteiger charge is 2.31. The van der Waals surface area contributed by atoms with Gasteiger partial charge in [0.25, 0.3) is 0 Å². The van der Waals surface area contributed by atoms with Crippen molar-refractivity contribution >= 4 is 5.91 Å². The van der Waals surface area contributed by atoms with Crippen LogP contribution in [0, 0.1) is 6.92 Å². The second-order valence-corrected chi connectivity index (χ2v) is 4.66. The summed E-state index contributed by atoms with van der Waals surface area (Å²) in [5, 5.41) is 1.73. The van der Waals surface area contributed by atoms with Crippen LogP contribution in [0.5, 0.6) is 0 Å². The van der Waals surface area contributed by atoms with Crippen LogP contribution in [0.2, 0.25) is 0 Å². The van der Waals surface area contributed by atoms with Crippen molar-refractivity contribution in [3.8, 4) is 0 Å². The monoisotopic (exact) mass is 218 g/mol. The second-order valence-electron chi connectivity index (χ2n) is 4.66. The molecule has 1 saturated heterocycles. The lowest BCUT2D eigenvalue weighted by Crippen LogP contribution is -2.40. The van der Waals surface area contributed by atoms with Crippen molar-refractivity contribution in [1.82, 2.24) is 10.4 Å². The van der Waals surface area contributed by atoms with Crippen LogP contribution in [0.25, 0.3) is 0 Å². The van der Waals surface area contributed by atoms with E-state index < -0.39 is 0 Å². The molecule has 2 rings (SSSR count). The van der Waals surface area contributed by atoms with E-state index >= 15 is 0 Å². The Kier molecular flexibility index (Phi) is 2.97. The Hall–Kier alpha value is -1.35. The number of benzene rings is 1. The number of aryl methyl sites for hydroxylation is 1. The first-order valence-electron chi connectivity index (χ1n) is 5.72. The summed E-state index contributed by atoms with van der Waals surface area (Å²) >= 11 is 0. The van der Waals surface area contributed by atoms with Crippen LogP contribution < -0.4 is 5.43 Å². The Balaban J connectivity index is 2.17. The maximum atomic E-state index is 11.7.